The third kappa shape index (κ3) is 8.36. The van der Waals surface area contributed by atoms with Crippen molar-refractivity contribution in [1.29, 1.82) is 0 Å². The number of ether oxygens (including phenoxy) is 3. The fourth-order valence-electron chi connectivity index (χ4n) is 2.99. The summed E-state index contributed by atoms with van der Waals surface area (Å²) in [7, 11) is 3.76. The minimum absolute atomic E-state index is 0.0300. The summed E-state index contributed by atoms with van der Waals surface area (Å²) in [6.45, 7) is 2.19. The van der Waals surface area contributed by atoms with Crippen LogP contribution in [0.15, 0.2) is 0 Å². The first kappa shape index (κ1) is 23.4. The highest BCUT2D eigenvalue weighted by molar-refractivity contribution is 6.00. The third-order valence-electron chi connectivity index (χ3n) is 4.59. The summed E-state index contributed by atoms with van der Waals surface area (Å²) in [5.74, 6) is -1.76. The van der Waals surface area contributed by atoms with Crippen LogP contribution in [0.5, 0.6) is 0 Å². The second-order valence-electron chi connectivity index (χ2n) is 6.37. The number of esters is 3. The molecule has 0 amide bonds. The molecule has 0 heterocycles. The van der Waals surface area contributed by atoms with E-state index in [1.165, 1.54) is 47.0 Å². The molecule has 0 saturated heterocycles. The van der Waals surface area contributed by atoms with Gasteiger partial charge in [-0.05, 0) is 12.8 Å². The maximum absolute atomic E-state index is 12.3. The van der Waals surface area contributed by atoms with Crippen molar-refractivity contribution in [1.82, 2.24) is 0 Å². The number of carbonyl (C=O) groups excluding carboxylic acids is 3. The van der Waals surface area contributed by atoms with Crippen LogP contribution in [0.2, 0.25) is 0 Å². The lowest BCUT2D eigenvalue weighted by Crippen LogP contribution is -2.41. The van der Waals surface area contributed by atoms with Gasteiger partial charge in [0, 0.05) is 6.42 Å². The van der Waals surface area contributed by atoms with E-state index in [9.17, 15) is 14.4 Å². The van der Waals surface area contributed by atoms with E-state index in [2.05, 4.69) is 11.7 Å². The highest BCUT2D eigenvalue weighted by Gasteiger charge is 2.47. The molecule has 25 heavy (non-hydrogen) atoms. The molecular formula is C19H34O6. The lowest BCUT2D eigenvalue weighted by atomic mass is 9.78. The lowest BCUT2D eigenvalue weighted by molar-refractivity contribution is -0.171. The first-order valence-corrected chi connectivity index (χ1v) is 9.22. The van der Waals surface area contributed by atoms with E-state index in [0.29, 0.717) is 12.8 Å². The highest BCUT2D eigenvalue weighted by Crippen LogP contribution is 2.34. The van der Waals surface area contributed by atoms with E-state index in [1.54, 1.807) is 0 Å². The Bertz CT molecular complexity index is 389. The molecule has 0 aromatic heterocycles. The van der Waals surface area contributed by atoms with Crippen LogP contribution < -0.4 is 0 Å². The first-order chi connectivity index (χ1) is 12.0. The minimum Gasteiger partial charge on any atom is -0.469 e. The van der Waals surface area contributed by atoms with E-state index < -0.39 is 23.3 Å². The van der Waals surface area contributed by atoms with Crippen molar-refractivity contribution >= 4 is 17.9 Å². The smallest absolute Gasteiger partial charge is 0.323 e. The maximum Gasteiger partial charge on any atom is 0.323 e. The van der Waals surface area contributed by atoms with Gasteiger partial charge in [0.25, 0.3) is 0 Å². The molecule has 0 spiro atoms. The van der Waals surface area contributed by atoms with Crippen molar-refractivity contribution in [2.45, 2.75) is 77.6 Å². The van der Waals surface area contributed by atoms with Gasteiger partial charge in [-0.15, -0.1) is 0 Å². The van der Waals surface area contributed by atoms with Crippen LogP contribution in [-0.4, -0.2) is 39.2 Å². The summed E-state index contributed by atoms with van der Waals surface area (Å²) >= 11 is 0. The molecular weight excluding hydrogens is 324 g/mol. The first-order valence-electron chi connectivity index (χ1n) is 9.22. The van der Waals surface area contributed by atoms with Crippen molar-refractivity contribution in [3.8, 4) is 0 Å². The van der Waals surface area contributed by atoms with Crippen molar-refractivity contribution < 1.29 is 28.6 Å². The van der Waals surface area contributed by atoms with Crippen LogP contribution in [0, 0.1) is 5.41 Å². The van der Waals surface area contributed by atoms with E-state index in [4.69, 9.17) is 9.47 Å². The van der Waals surface area contributed by atoms with Gasteiger partial charge in [-0.3, -0.25) is 14.4 Å². The number of hydrogen-bond acceptors (Lipinski definition) is 6. The van der Waals surface area contributed by atoms with Gasteiger partial charge in [0.1, 0.15) is 0 Å². The topological polar surface area (TPSA) is 78.9 Å². The quantitative estimate of drug-likeness (QED) is 0.203. The normalized spacial score (nSPS) is 11.0. The molecule has 0 aliphatic heterocycles. The summed E-state index contributed by atoms with van der Waals surface area (Å²) < 4.78 is 14.3. The van der Waals surface area contributed by atoms with E-state index in [-0.39, 0.29) is 12.8 Å². The van der Waals surface area contributed by atoms with Crippen molar-refractivity contribution in [2.75, 3.05) is 21.3 Å². The molecule has 6 nitrogen and oxygen atoms in total. The van der Waals surface area contributed by atoms with Crippen LogP contribution >= 0.6 is 0 Å². The van der Waals surface area contributed by atoms with Crippen LogP contribution in [0.1, 0.15) is 77.6 Å². The standard InChI is InChI=1S/C19H34O6/c1-5-6-7-8-9-10-11-12-14-19(17(21)24-3,18(22)25-4)15-13-16(20)23-2/h5-15H2,1-4H3. The van der Waals surface area contributed by atoms with Gasteiger partial charge < -0.3 is 14.2 Å². The molecule has 0 rings (SSSR count). The van der Waals surface area contributed by atoms with E-state index in [0.717, 1.165) is 19.3 Å². The highest BCUT2D eigenvalue weighted by atomic mass is 16.5. The fraction of sp³-hybridized carbons (Fsp3) is 0.842. The van der Waals surface area contributed by atoms with Gasteiger partial charge in [0.15, 0.2) is 5.41 Å². The molecule has 0 aliphatic rings. The molecule has 0 N–H and O–H groups in total. The largest absolute Gasteiger partial charge is 0.469 e. The molecule has 0 atom stereocenters. The Labute approximate surface area is 151 Å². The van der Waals surface area contributed by atoms with Crippen LogP contribution in [0.3, 0.4) is 0 Å². The number of carbonyl (C=O) groups is 3. The predicted octanol–water partition coefficient (Wildman–Crippen LogP) is 3.80. The summed E-state index contributed by atoms with van der Waals surface area (Å²) in [4.78, 5) is 36.1. The van der Waals surface area contributed by atoms with Crippen molar-refractivity contribution in [3.05, 3.63) is 0 Å². The molecule has 0 aromatic carbocycles. The van der Waals surface area contributed by atoms with Gasteiger partial charge in [0.05, 0.1) is 21.3 Å². The Hall–Kier alpha value is -1.59. The summed E-state index contributed by atoms with van der Waals surface area (Å²) in [5.41, 5.74) is -1.43. The molecule has 0 fully saturated rings. The molecule has 0 saturated carbocycles. The monoisotopic (exact) mass is 358 g/mol. The predicted molar refractivity (Wildman–Crippen MR) is 94.9 cm³/mol. The molecule has 6 heteroatoms. The van der Waals surface area contributed by atoms with Gasteiger partial charge in [0.2, 0.25) is 0 Å². The zero-order valence-corrected chi connectivity index (χ0v) is 16.2. The average Bonchev–Trinajstić information content (AvgIpc) is 2.64. The Balaban J connectivity index is 4.68. The average molecular weight is 358 g/mol. The fourth-order valence-corrected chi connectivity index (χ4v) is 2.99. The van der Waals surface area contributed by atoms with Crippen LogP contribution in [0.4, 0.5) is 0 Å². The maximum atomic E-state index is 12.3. The molecule has 0 aliphatic carbocycles. The molecule has 0 bridgehead atoms. The zero-order valence-electron chi connectivity index (χ0n) is 16.2. The Kier molecular flexibility index (Phi) is 12.8. The lowest BCUT2D eigenvalue weighted by Gasteiger charge is -2.27. The molecule has 146 valence electrons. The van der Waals surface area contributed by atoms with Crippen LogP contribution in [0.25, 0.3) is 0 Å². The second-order valence-corrected chi connectivity index (χ2v) is 6.37. The zero-order chi connectivity index (χ0) is 19.1. The van der Waals surface area contributed by atoms with Gasteiger partial charge in [-0.25, -0.2) is 0 Å². The summed E-state index contributed by atoms with van der Waals surface area (Å²) in [5, 5.41) is 0. The SMILES string of the molecule is CCCCCCCCCCC(CCC(=O)OC)(C(=O)OC)C(=O)OC. The summed E-state index contributed by atoms with van der Waals surface area (Å²) in [6.07, 6.45) is 9.15. The van der Waals surface area contributed by atoms with Gasteiger partial charge in [-0.2, -0.15) is 0 Å². The van der Waals surface area contributed by atoms with Crippen LogP contribution in [-0.2, 0) is 28.6 Å². The number of rotatable bonds is 14. The number of methoxy groups -OCH3 is 3. The van der Waals surface area contributed by atoms with Crippen molar-refractivity contribution in [3.63, 3.8) is 0 Å². The van der Waals surface area contributed by atoms with E-state index in [1.807, 2.05) is 0 Å². The summed E-state index contributed by atoms with van der Waals surface area (Å²) in [6, 6.07) is 0. The third-order valence-corrected chi connectivity index (χ3v) is 4.59. The molecule has 0 aromatic rings. The Morgan fingerprint density at radius 1 is 0.680 bits per heavy atom. The molecule has 0 radical (unpaired) electrons. The van der Waals surface area contributed by atoms with Crippen molar-refractivity contribution in [2.24, 2.45) is 5.41 Å². The Morgan fingerprint density at radius 2 is 1.16 bits per heavy atom. The Morgan fingerprint density at radius 3 is 1.60 bits per heavy atom. The van der Waals surface area contributed by atoms with Gasteiger partial charge in [-0.1, -0.05) is 58.3 Å². The van der Waals surface area contributed by atoms with E-state index >= 15 is 0 Å². The van der Waals surface area contributed by atoms with Gasteiger partial charge >= 0.3 is 17.9 Å². The number of hydrogen-bond donors (Lipinski definition) is 0. The number of unbranched alkanes of at least 4 members (excludes halogenated alkanes) is 7. The minimum atomic E-state index is -1.43. The second kappa shape index (κ2) is 13.7. The molecule has 0 unspecified atom stereocenters.